The maximum Gasteiger partial charge on any atom is 0.308 e. The van der Waals surface area contributed by atoms with Gasteiger partial charge in [0.05, 0.1) is 5.92 Å². The maximum atomic E-state index is 13.1. The molecule has 1 rings (SSSR count). The van der Waals surface area contributed by atoms with E-state index < -0.39 is 11.9 Å². The van der Waals surface area contributed by atoms with E-state index in [0.29, 0.717) is 12.0 Å². The average Bonchev–Trinajstić information content (AvgIpc) is 2.25. The highest BCUT2D eigenvalue weighted by Gasteiger charge is 2.26. The van der Waals surface area contributed by atoms with Gasteiger partial charge in [-0.2, -0.15) is 0 Å². The molecule has 88 valence electrons. The van der Waals surface area contributed by atoms with Gasteiger partial charge < -0.3 is 10.4 Å². The quantitative estimate of drug-likeness (QED) is 0.807. The SMILES string of the molecule is CCC(C(=O)O)C(NC)c1cccc(F)c1. The summed E-state index contributed by atoms with van der Waals surface area (Å²) in [7, 11) is 1.68. The van der Waals surface area contributed by atoms with E-state index >= 15 is 0 Å². The summed E-state index contributed by atoms with van der Waals surface area (Å²) in [5.41, 5.74) is 0.664. The zero-order valence-electron chi connectivity index (χ0n) is 9.40. The third-order valence-corrected chi connectivity index (χ3v) is 2.68. The number of benzene rings is 1. The van der Waals surface area contributed by atoms with Crippen molar-refractivity contribution >= 4 is 5.97 Å². The van der Waals surface area contributed by atoms with Crippen LogP contribution in [0.4, 0.5) is 4.39 Å². The lowest BCUT2D eigenvalue weighted by Gasteiger charge is -2.22. The number of carboxylic acid groups (broad SMARTS) is 1. The van der Waals surface area contributed by atoms with Crippen LogP contribution in [-0.2, 0) is 4.79 Å². The molecular formula is C12H16FNO2. The second-order valence-electron chi connectivity index (χ2n) is 3.67. The van der Waals surface area contributed by atoms with Gasteiger partial charge in [0.1, 0.15) is 5.82 Å². The summed E-state index contributed by atoms with van der Waals surface area (Å²) in [5.74, 6) is -1.77. The monoisotopic (exact) mass is 225 g/mol. The summed E-state index contributed by atoms with van der Waals surface area (Å²) < 4.78 is 13.1. The molecule has 16 heavy (non-hydrogen) atoms. The van der Waals surface area contributed by atoms with Gasteiger partial charge >= 0.3 is 5.97 Å². The fourth-order valence-corrected chi connectivity index (χ4v) is 1.85. The first kappa shape index (κ1) is 12.6. The maximum absolute atomic E-state index is 13.1. The second-order valence-corrected chi connectivity index (χ2v) is 3.67. The van der Waals surface area contributed by atoms with Crippen molar-refractivity contribution in [1.82, 2.24) is 5.32 Å². The zero-order chi connectivity index (χ0) is 12.1. The Morgan fingerprint density at radius 1 is 1.56 bits per heavy atom. The van der Waals surface area contributed by atoms with E-state index in [9.17, 15) is 9.18 Å². The van der Waals surface area contributed by atoms with Gasteiger partial charge in [0.25, 0.3) is 0 Å². The molecule has 0 aliphatic heterocycles. The number of aliphatic carboxylic acids is 1. The zero-order valence-corrected chi connectivity index (χ0v) is 9.40. The first-order chi connectivity index (χ1) is 7.60. The van der Waals surface area contributed by atoms with Crippen molar-refractivity contribution in [2.75, 3.05) is 7.05 Å². The van der Waals surface area contributed by atoms with E-state index in [1.54, 1.807) is 19.2 Å². The summed E-state index contributed by atoms with van der Waals surface area (Å²) >= 11 is 0. The third-order valence-electron chi connectivity index (χ3n) is 2.68. The number of carbonyl (C=O) groups is 1. The van der Waals surface area contributed by atoms with Crippen LogP contribution in [0.2, 0.25) is 0 Å². The van der Waals surface area contributed by atoms with Crippen LogP contribution in [0.15, 0.2) is 24.3 Å². The molecule has 0 saturated carbocycles. The molecule has 4 heteroatoms. The van der Waals surface area contributed by atoms with E-state index in [-0.39, 0.29) is 11.9 Å². The molecule has 2 unspecified atom stereocenters. The normalized spacial score (nSPS) is 14.4. The Balaban J connectivity index is 3.01. The largest absolute Gasteiger partial charge is 0.481 e. The number of carboxylic acids is 1. The Morgan fingerprint density at radius 2 is 2.25 bits per heavy atom. The summed E-state index contributed by atoms with van der Waals surface area (Å²) in [5, 5.41) is 12.0. The van der Waals surface area contributed by atoms with Crippen LogP contribution in [0.3, 0.4) is 0 Å². The Bertz CT molecular complexity index is 368. The number of hydrogen-bond acceptors (Lipinski definition) is 2. The van der Waals surface area contributed by atoms with Gasteiger partial charge in [0.2, 0.25) is 0 Å². The Hall–Kier alpha value is -1.42. The average molecular weight is 225 g/mol. The first-order valence-electron chi connectivity index (χ1n) is 5.25. The van der Waals surface area contributed by atoms with Crippen molar-refractivity contribution in [3.63, 3.8) is 0 Å². The molecule has 0 aliphatic rings. The molecule has 0 aromatic heterocycles. The molecule has 0 amide bonds. The van der Waals surface area contributed by atoms with Crippen LogP contribution in [-0.4, -0.2) is 18.1 Å². The summed E-state index contributed by atoms with van der Waals surface area (Å²) in [6.45, 7) is 1.81. The molecule has 0 aliphatic carbocycles. The number of halogens is 1. The lowest BCUT2D eigenvalue weighted by atomic mass is 9.91. The topological polar surface area (TPSA) is 49.3 Å². The minimum Gasteiger partial charge on any atom is -0.481 e. The van der Waals surface area contributed by atoms with Crippen molar-refractivity contribution in [2.24, 2.45) is 5.92 Å². The lowest BCUT2D eigenvalue weighted by molar-refractivity contribution is -0.143. The first-order valence-corrected chi connectivity index (χ1v) is 5.25. The van der Waals surface area contributed by atoms with Gasteiger partial charge in [-0.15, -0.1) is 0 Å². The van der Waals surface area contributed by atoms with E-state index in [1.165, 1.54) is 12.1 Å². The van der Waals surface area contributed by atoms with Gasteiger partial charge in [-0.25, -0.2) is 4.39 Å². The summed E-state index contributed by atoms with van der Waals surface area (Å²) in [6, 6.07) is 5.67. The number of rotatable bonds is 5. The highest BCUT2D eigenvalue weighted by molar-refractivity contribution is 5.71. The Morgan fingerprint density at radius 3 is 2.69 bits per heavy atom. The van der Waals surface area contributed by atoms with Crippen molar-refractivity contribution in [1.29, 1.82) is 0 Å². The predicted molar refractivity (Wildman–Crippen MR) is 59.6 cm³/mol. The summed E-state index contributed by atoms with van der Waals surface area (Å²) in [6.07, 6.45) is 0.497. The van der Waals surface area contributed by atoms with E-state index in [1.807, 2.05) is 6.92 Å². The summed E-state index contributed by atoms with van der Waals surface area (Å²) in [4.78, 5) is 11.1. The molecule has 0 bridgehead atoms. The molecule has 1 aromatic rings. The van der Waals surface area contributed by atoms with E-state index in [2.05, 4.69) is 5.32 Å². The van der Waals surface area contributed by atoms with Crippen LogP contribution >= 0.6 is 0 Å². The molecule has 2 N–H and O–H groups in total. The van der Waals surface area contributed by atoms with Crippen LogP contribution < -0.4 is 5.32 Å². The molecule has 3 nitrogen and oxygen atoms in total. The third kappa shape index (κ3) is 2.79. The van der Waals surface area contributed by atoms with Crippen molar-refractivity contribution in [3.05, 3.63) is 35.6 Å². The van der Waals surface area contributed by atoms with Crippen LogP contribution in [0.1, 0.15) is 24.9 Å². The smallest absolute Gasteiger partial charge is 0.308 e. The van der Waals surface area contributed by atoms with Gasteiger partial charge in [0.15, 0.2) is 0 Å². The van der Waals surface area contributed by atoms with Gasteiger partial charge in [-0.1, -0.05) is 19.1 Å². The van der Waals surface area contributed by atoms with Crippen LogP contribution in [0, 0.1) is 11.7 Å². The van der Waals surface area contributed by atoms with Gasteiger partial charge in [-0.05, 0) is 31.2 Å². The molecule has 0 heterocycles. The van der Waals surface area contributed by atoms with E-state index in [4.69, 9.17) is 5.11 Å². The molecular weight excluding hydrogens is 209 g/mol. The lowest BCUT2D eigenvalue weighted by Crippen LogP contribution is -2.30. The molecule has 0 radical (unpaired) electrons. The fourth-order valence-electron chi connectivity index (χ4n) is 1.85. The predicted octanol–water partition coefficient (Wildman–Crippen LogP) is 2.20. The van der Waals surface area contributed by atoms with Gasteiger partial charge in [-0.3, -0.25) is 4.79 Å². The van der Waals surface area contributed by atoms with Gasteiger partial charge in [0, 0.05) is 6.04 Å². The highest BCUT2D eigenvalue weighted by Crippen LogP contribution is 2.25. The second kappa shape index (κ2) is 5.61. The minimum absolute atomic E-state index is 0.349. The van der Waals surface area contributed by atoms with Crippen molar-refractivity contribution < 1.29 is 14.3 Å². The number of nitrogens with one attached hydrogen (secondary N) is 1. The molecule has 1 aromatic carbocycles. The molecule has 0 fully saturated rings. The Labute approximate surface area is 94.3 Å². The van der Waals surface area contributed by atoms with Crippen LogP contribution in [0.5, 0.6) is 0 Å². The Kier molecular flexibility index (Phi) is 4.43. The van der Waals surface area contributed by atoms with E-state index in [0.717, 1.165) is 0 Å². The van der Waals surface area contributed by atoms with Crippen LogP contribution in [0.25, 0.3) is 0 Å². The minimum atomic E-state index is -0.869. The highest BCUT2D eigenvalue weighted by atomic mass is 19.1. The molecule has 2 atom stereocenters. The molecule has 0 saturated heterocycles. The number of hydrogen-bond donors (Lipinski definition) is 2. The molecule has 0 spiro atoms. The van der Waals surface area contributed by atoms with Crippen molar-refractivity contribution in [2.45, 2.75) is 19.4 Å². The van der Waals surface area contributed by atoms with Crippen molar-refractivity contribution in [3.8, 4) is 0 Å². The standard InChI is InChI=1S/C12H16FNO2/c1-3-10(12(15)16)11(14-2)8-5-4-6-9(13)7-8/h4-7,10-11,14H,3H2,1-2H3,(H,15,16). The fraction of sp³-hybridized carbons (Fsp3) is 0.417.